The molecule has 0 heterocycles. The largest absolute Gasteiger partial charge is 0.464 e. The fourth-order valence-corrected chi connectivity index (χ4v) is 0.151. The Kier molecular flexibility index (Phi) is 2.60. The summed E-state index contributed by atoms with van der Waals surface area (Å²) in [6, 6.07) is 0. The molecule has 0 saturated carbocycles. The van der Waals surface area contributed by atoms with E-state index in [9.17, 15) is 4.79 Å². The van der Waals surface area contributed by atoms with Crippen LogP contribution in [0.4, 0.5) is 4.79 Å². The van der Waals surface area contributed by atoms with Gasteiger partial charge in [0.15, 0.2) is 0 Å². The normalized spacial score (nSPS) is 7.50. The van der Waals surface area contributed by atoms with Crippen molar-refractivity contribution in [2.45, 2.75) is 0 Å². The van der Waals surface area contributed by atoms with E-state index in [0.29, 0.717) is 12.1 Å². The van der Waals surface area contributed by atoms with Gasteiger partial charge in [-0.05, 0) is 0 Å². The van der Waals surface area contributed by atoms with Crippen molar-refractivity contribution >= 4 is 18.2 Å². The minimum absolute atomic E-state index is 0.560. The van der Waals surface area contributed by atoms with E-state index in [2.05, 4.69) is 5.14 Å². The van der Waals surface area contributed by atoms with Gasteiger partial charge >= 0.3 is 6.09 Å². The van der Waals surface area contributed by atoms with Crippen LogP contribution in [0, 0.1) is 0 Å². The third-order valence-electron chi connectivity index (χ3n) is 0.146. The van der Waals surface area contributed by atoms with Crippen LogP contribution in [0.5, 0.6) is 0 Å². The summed E-state index contributed by atoms with van der Waals surface area (Å²) < 4.78 is 1.82. The Bertz CT molecular complexity index is 55.5. The number of nitrogens with two attached hydrogens (primary N) is 1. The second-order valence-electron chi connectivity index (χ2n) is 0.525. The third-order valence-corrected chi connectivity index (χ3v) is 0.439. The van der Waals surface area contributed by atoms with E-state index in [4.69, 9.17) is 5.11 Å². The molecule has 0 aromatic heterocycles. The summed E-state index contributed by atoms with van der Waals surface area (Å²) in [5, 5.41) is 12.4. The van der Waals surface area contributed by atoms with E-state index in [-0.39, 0.29) is 0 Å². The molecule has 4 nitrogen and oxygen atoms in total. The second kappa shape index (κ2) is 2.80. The lowest BCUT2D eigenvalue weighted by molar-refractivity contribution is 0.202. The predicted octanol–water partition coefficient (Wildman–Crippen LogP) is -0.224. The molecule has 5 heteroatoms. The van der Waals surface area contributed by atoms with Gasteiger partial charge in [-0.2, -0.15) is 0 Å². The van der Waals surface area contributed by atoms with Crippen LogP contribution in [-0.4, -0.2) is 11.2 Å². The molecule has 4 N–H and O–H groups in total. The highest BCUT2D eigenvalue weighted by atomic mass is 32.2. The standard InChI is InChI=1S/CH4N2O2S/c2-6-3-1(4)5/h3H,2H2,(H,4,5). The topological polar surface area (TPSA) is 75.3 Å². The van der Waals surface area contributed by atoms with Gasteiger partial charge in [0.25, 0.3) is 0 Å². The highest BCUT2D eigenvalue weighted by Crippen LogP contribution is 1.70. The molecule has 0 unspecified atom stereocenters. The molecule has 1 amide bonds. The van der Waals surface area contributed by atoms with Crippen LogP contribution in [0.15, 0.2) is 0 Å². The Labute approximate surface area is 39.0 Å². The summed E-state index contributed by atoms with van der Waals surface area (Å²) in [4.78, 5) is 9.39. The van der Waals surface area contributed by atoms with Crippen molar-refractivity contribution < 1.29 is 9.90 Å². The second-order valence-corrected chi connectivity index (χ2v) is 0.965. The van der Waals surface area contributed by atoms with E-state index in [1.54, 1.807) is 0 Å². The van der Waals surface area contributed by atoms with Crippen LogP contribution in [0.3, 0.4) is 0 Å². The molecule has 6 heavy (non-hydrogen) atoms. The average Bonchev–Trinajstić information content (AvgIpc) is 1.35. The maximum Gasteiger partial charge on any atom is 0.415 e. The first-order valence-corrected chi connectivity index (χ1v) is 2.00. The van der Waals surface area contributed by atoms with Gasteiger partial charge in [0.05, 0.1) is 0 Å². The van der Waals surface area contributed by atoms with Crippen molar-refractivity contribution in [3.8, 4) is 0 Å². The van der Waals surface area contributed by atoms with Crippen molar-refractivity contribution in [1.82, 2.24) is 4.72 Å². The van der Waals surface area contributed by atoms with Crippen molar-refractivity contribution in [1.29, 1.82) is 0 Å². The average molecular weight is 108 g/mol. The van der Waals surface area contributed by atoms with E-state index < -0.39 is 6.09 Å². The van der Waals surface area contributed by atoms with E-state index in [1.165, 1.54) is 0 Å². The van der Waals surface area contributed by atoms with Gasteiger partial charge in [-0.15, -0.1) is 0 Å². The van der Waals surface area contributed by atoms with Crippen LogP contribution >= 0.6 is 12.1 Å². The Balaban J connectivity index is 2.83. The quantitative estimate of drug-likeness (QED) is 0.406. The molecule has 0 aliphatic heterocycles. The van der Waals surface area contributed by atoms with Crippen molar-refractivity contribution in [2.75, 3.05) is 0 Å². The van der Waals surface area contributed by atoms with E-state index >= 15 is 0 Å². The zero-order chi connectivity index (χ0) is 4.99. The lowest BCUT2D eigenvalue weighted by Gasteiger charge is -1.85. The monoisotopic (exact) mass is 108 g/mol. The lowest BCUT2D eigenvalue weighted by atomic mass is 11.3. The van der Waals surface area contributed by atoms with Crippen LogP contribution < -0.4 is 9.86 Å². The molecular weight excluding hydrogens is 104 g/mol. The van der Waals surface area contributed by atoms with Gasteiger partial charge < -0.3 is 5.11 Å². The molecule has 0 rings (SSSR count). The SMILES string of the molecule is NSNC(=O)O. The number of carboxylic acid groups (broad SMARTS) is 1. The van der Waals surface area contributed by atoms with Crippen molar-refractivity contribution in [3.05, 3.63) is 0 Å². The van der Waals surface area contributed by atoms with Crippen molar-refractivity contribution in [3.63, 3.8) is 0 Å². The fraction of sp³-hybridized carbons (Fsp3) is 0. The molecule has 0 atom stereocenters. The summed E-state index contributed by atoms with van der Waals surface area (Å²) >= 11 is 0.560. The van der Waals surface area contributed by atoms with E-state index in [0.717, 1.165) is 0 Å². The summed E-state index contributed by atoms with van der Waals surface area (Å²) in [5.41, 5.74) is 0. The maximum atomic E-state index is 9.39. The Morgan fingerprint density at radius 1 is 2.00 bits per heavy atom. The highest BCUT2D eigenvalue weighted by molar-refractivity contribution is 7.95. The zero-order valence-electron chi connectivity index (χ0n) is 2.84. The molecule has 0 radical (unpaired) electrons. The van der Waals surface area contributed by atoms with Crippen LogP contribution in [-0.2, 0) is 0 Å². The van der Waals surface area contributed by atoms with Gasteiger partial charge in [0, 0.05) is 12.1 Å². The van der Waals surface area contributed by atoms with Crippen LogP contribution in [0.2, 0.25) is 0 Å². The number of amides is 1. The number of carbonyl (C=O) groups is 1. The summed E-state index contributed by atoms with van der Waals surface area (Å²) in [6.45, 7) is 0. The molecule has 0 fully saturated rings. The molecule has 0 spiro atoms. The van der Waals surface area contributed by atoms with Crippen LogP contribution in [0.25, 0.3) is 0 Å². The Hall–Kier alpha value is -0.420. The zero-order valence-corrected chi connectivity index (χ0v) is 3.66. The Morgan fingerprint density at radius 3 is 2.50 bits per heavy atom. The molecule has 0 aliphatic rings. The van der Waals surface area contributed by atoms with Crippen molar-refractivity contribution in [2.24, 2.45) is 5.14 Å². The highest BCUT2D eigenvalue weighted by Gasteiger charge is 1.84. The molecule has 36 valence electrons. The van der Waals surface area contributed by atoms with Crippen LogP contribution in [0.1, 0.15) is 0 Å². The minimum atomic E-state index is -1.12. The van der Waals surface area contributed by atoms with Gasteiger partial charge in [0.2, 0.25) is 0 Å². The first kappa shape index (κ1) is 5.58. The molecule has 0 aromatic carbocycles. The molecule has 0 bridgehead atoms. The fourth-order valence-electron chi connectivity index (χ4n) is 0.0504. The molecule has 0 aliphatic carbocycles. The number of rotatable bonds is 1. The third kappa shape index (κ3) is 3.58. The maximum absolute atomic E-state index is 9.39. The molecule has 0 saturated heterocycles. The minimum Gasteiger partial charge on any atom is -0.464 e. The van der Waals surface area contributed by atoms with Gasteiger partial charge in [0.1, 0.15) is 0 Å². The van der Waals surface area contributed by atoms with Gasteiger partial charge in [-0.25, -0.2) is 4.79 Å². The number of hydrogen-bond acceptors (Lipinski definition) is 3. The number of nitrogens with one attached hydrogen (secondary N) is 1. The smallest absolute Gasteiger partial charge is 0.415 e. The summed E-state index contributed by atoms with van der Waals surface area (Å²) in [7, 11) is 0. The summed E-state index contributed by atoms with van der Waals surface area (Å²) in [6.07, 6.45) is -1.12. The number of hydrogen-bond donors (Lipinski definition) is 3. The first-order valence-electron chi connectivity index (χ1n) is 1.12. The predicted molar refractivity (Wildman–Crippen MR) is 22.9 cm³/mol. The molecule has 0 aromatic rings. The first-order chi connectivity index (χ1) is 2.77. The Morgan fingerprint density at radius 2 is 2.50 bits per heavy atom. The molecular formula is CH4N2O2S. The lowest BCUT2D eigenvalue weighted by Crippen LogP contribution is -2.13. The van der Waals surface area contributed by atoms with Gasteiger partial charge in [-0.1, -0.05) is 0 Å². The summed E-state index contributed by atoms with van der Waals surface area (Å²) in [5.74, 6) is 0. The van der Waals surface area contributed by atoms with Gasteiger partial charge in [-0.3, -0.25) is 9.86 Å². The van der Waals surface area contributed by atoms with E-state index in [1.807, 2.05) is 4.72 Å².